The number of aryl methyl sites for hydroxylation is 1. The van der Waals surface area contributed by atoms with Crippen LogP contribution < -0.4 is 10.1 Å². The summed E-state index contributed by atoms with van der Waals surface area (Å²) in [5.74, 6) is 1.53. The molecule has 1 aliphatic rings. The molecular formula is C12H18N2O. The van der Waals surface area contributed by atoms with Crippen LogP contribution in [0.5, 0.6) is 5.88 Å². The first-order valence-corrected chi connectivity index (χ1v) is 5.49. The molecule has 82 valence electrons. The van der Waals surface area contributed by atoms with Crippen molar-refractivity contribution in [3.05, 3.63) is 17.8 Å². The second-order valence-corrected chi connectivity index (χ2v) is 4.26. The molecule has 0 amide bonds. The normalized spacial score (nSPS) is 17.3. The van der Waals surface area contributed by atoms with E-state index in [1.54, 1.807) is 7.11 Å². The first-order chi connectivity index (χ1) is 7.20. The van der Waals surface area contributed by atoms with Crippen LogP contribution in [0, 0.1) is 12.8 Å². The molecule has 2 rings (SSSR count). The van der Waals surface area contributed by atoms with E-state index in [4.69, 9.17) is 4.74 Å². The third kappa shape index (κ3) is 2.41. The molecule has 15 heavy (non-hydrogen) atoms. The number of methoxy groups -OCH3 is 1. The van der Waals surface area contributed by atoms with Crippen molar-refractivity contribution in [1.29, 1.82) is 0 Å². The Hall–Kier alpha value is -1.25. The van der Waals surface area contributed by atoms with Crippen molar-refractivity contribution < 1.29 is 4.74 Å². The summed E-state index contributed by atoms with van der Waals surface area (Å²) >= 11 is 0. The number of rotatable bonds is 4. The van der Waals surface area contributed by atoms with Gasteiger partial charge in [-0.05, 0) is 38.7 Å². The molecule has 0 radical (unpaired) electrons. The highest BCUT2D eigenvalue weighted by Crippen LogP contribution is 2.34. The third-order valence-electron chi connectivity index (χ3n) is 2.98. The molecule has 3 heteroatoms. The molecule has 0 spiro atoms. The quantitative estimate of drug-likeness (QED) is 0.822. The van der Waals surface area contributed by atoms with Crippen molar-refractivity contribution in [1.82, 2.24) is 4.98 Å². The van der Waals surface area contributed by atoms with E-state index < -0.39 is 0 Å². The summed E-state index contributed by atoms with van der Waals surface area (Å²) in [6.07, 6.45) is 2.72. The third-order valence-corrected chi connectivity index (χ3v) is 2.98. The number of hydrogen-bond donors (Lipinski definition) is 1. The SMILES string of the molecule is COc1ccc(NC(C)C2CC2)c(C)n1. The molecule has 1 N–H and O–H groups in total. The van der Waals surface area contributed by atoms with E-state index in [0.29, 0.717) is 11.9 Å². The average molecular weight is 206 g/mol. The maximum Gasteiger partial charge on any atom is 0.213 e. The van der Waals surface area contributed by atoms with Crippen LogP contribution >= 0.6 is 0 Å². The zero-order valence-corrected chi connectivity index (χ0v) is 9.58. The Kier molecular flexibility index (Phi) is 2.80. The maximum absolute atomic E-state index is 5.08. The van der Waals surface area contributed by atoms with Gasteiger partial charge >= 0.3 is 0 Å². The molecule has 1 aromatic rings. The van der Waals surface area contributed by atoms with Gasteiger partial charge in [-0.25, -0.2) is 4.98 Å². The van der Waals surface area contributed by atoms with Crippen molar-refractivity contribution in [3.8, 4) is 5.88 Å². The molecule has 0 bridgehead atoms. The molecule has 1 heterocycles. The van der Waals surface area contributed by atoms with Gasteiger partial charge in [0.2, 0.25) is 5.88 Å². The summed E-state index contributed by atoms with van der Waals surface area (Å²) in [6.45, 7) is 4.24. The van der Waals surface area contributed by atoms with E-state index >= 15 is 0 Å². The summed E-state index contributed by atoms with van der Waals surface area (Å²) in [4.78, 5) is 4.34. The van der Waals surface area contributed by atoms with Crippen molar-refractivity contribution in [2.45, 2.75) is 32.7 Å². The van der Waals surface area contributed by atoms with Crippen LogP contribution in [0.25, 0.3) is 0 Å². The van der Waals surface area contributed by atoms with Crippen molar-refractivity contribution in [3.63, 3.8) is 0 Å². The number of aromatic nitrogens is 1. The standard InChI is InChI=1S/C12H18N2O/c1-8(10-4-5-10)13-11-6-7-12(15-3)14-9(11)2/h6-8,10,13H,4-5H2,1-3H3. The highest BCUT2D eigenvalue weighted by atomic mass is 16.5. The van der Waals surface area contributed by atoms with Crippen LogP contribution in [0.15, 0.2) is 12.1 Å². The number of hydrogen-bond acceptors (Lipinski definition) is 3. The molecule has 1 saturated carbocycles. The van der Waals surface area contributed by atoms with E-state index in [9.17, 15) is 0 Å². The van der Waals surface area contributed by atoms with Gasteiger partial charge in [-0.1, -0.05) is 0 Å². The van der Waals surface area contributed by atoms with Crippen LogP contribution in [0.2, 0.25) is 0 Å². The fourth-order valence-electron chi connectivity index (χ4n) is 1.76. The highest BCUT2D eigenvalue weighted by molar-refractivity contribution is 5.49. The Morgan fingerprint density at radius 3 is 2.73 bits per heavy atom. The second kappa shape index (κ2) is 4.09. The molecule has 0 aliphatic heterocycles. The lowest BCUT2D eigenvalue weighted by Crippen LogP contribution is -2.18. The van der Waals surface area contributed by atoms with Gasteiger partial charge in [-0.2, -0.15) is 0 Å². The molecule has 1 fully saturated rings. The van der Waals surface area contributed by atoms with Gasteiger partial charge in [0.1, 0.15) is 0 Å². The Morgan fingerprint density at radius 2 is 2.20 bits per heavy atom. The van der Waals surface area contributed by atoms with Gasteiger partial charge in [0, 0.05) is 12.1 Å². The lowest BCUT2D eigenvalue weighted by molar-refractivity contribution is 0.397. The maximum atomic E-state index is 5.08. The first kappa shape index (κ1) is 10.3. The van der Waals surface area contributed by atoms with Crippen LogP contribution in [0.3, 0.4) is 0 Å². The van der Waals surface area contributed by atoms with Crippen LogP contribution in [0.4, 0.5) is 5.69 Å². The van der Waals surface area contributed by atoms with E-state index in [0.717, 1.165) is 17.3 Å². The zero-order chi connectivity index (χ0) is 10.8. The van der Waals surface area contributed by atoms with Crippen LogP contribution in [-0.2, 0) is 0 Å². The van der Waals surface area contributed by atoms with Gasteiger partial charge in [-0.15, -0.1) is 0 Å². The number of ether oxygens (including phenoxy) is 1. The zero-order valence-electron chi connectivity index (χ0n) is 9.58. The predicted octanol–water partition coefficient (Wildman–Crippen LogP) is 2.61. The minimum atomic E-state index is 0.555. The fourth-order valence-corrected chi connectivity index (χ4v) is 1.76. The van der Waals surface area contributed by atoms with Gasteiger partial charge in [0.15, 0.2) is 0 Å². The van der Waals surface area contributed by atoms with Gasteiger partial charge < -0.3 is 10.1 Å². The van der Waals surface area contributed by atoms with Crippen molar-refractivity contribution >= 4 is 5.69 Å². The number of pyridine rings is 1. The Morgan fingerprint density at radius 1 is 1.47 bits per heavy atom. The fraction of sp³-hybridized carbons (Fsp3) is 0.583. The first-order valence-electron chi connectivity index (χ1n) is 5.49. The smallest absolute Gasteiger partial charge is 0.213 e. The second-order valence-electron chi connectivity index (χ2n) is 4.26. The minimum Gasteiger partial charge on any atom is -0.481 e. The summed E-state index contributed by atoms with van der Waals surface area (Å²) in [5, 5.41) is 3.51. The molecule has 1 aliphatic carbocycles. The molecule has 0 aromatic carbocycles. The highest BCUT2D eigenvalue weighted by Gasteiger charge is 2.27. The summed E-state index contributed by atoms with van der Waals surface area (Å²) in [6, 6.07) is 4.49. The van der Waals surface area contributed by atoms with E-state index in [2.05, 4.69) is 17.2 Å². The molecule has 1 unspecified atom stereocenters. The summed E-state index contributed by atoms with van der Waals surface area (Å²) in [7, 11) is 1.64. The summed E-state index contributed by atoms with van der Waals surface area (Å²) in [5.41, 5.74) is 2.12. The molecule has 3 nitrogen and oxygen atoms in total. The molecular weight excluding hydrogens is 188 g/mol. The minimum absolute atomic E-state index is 0.555. The number of nitrogens with zero attached hydrogens (tertiary/aromatic N) is 1. The topological polar surface area (TPSA) is 34.1 Å². The van der Waals surface area contributed by atoms with Crippen molar-refractivity contribution in [2.75, 3.05) is 12.4 Å². The van der Waals surface area contributed by atoms with Crippen LogP contribution in [0.1, 0.15) is 25.5 Å². The van der Waals surface area contributed by atoms with Crippen molar-refractivity contribution in [2.24, 2.45) is 5.92 Å². The van der Waals surface area contributed by atoms with E-state index in [1.165, 1.54) is 12.8 Å². The largest absolute Gasteiger partial charge is 0.481 e. The predicted molar refractivity (Wildman–Crippen MR) is 61.3 cm³/mol. The Labute approximate surface area is 90.9 Å². The van der Waals surface area contributed by atoms with E-state index in [1.807, 2.05) is 19.1 Å². The van der Waals surface area contributed by atoms with Gasteiger partial charge in [0.05, 0.1) is 18.5 Å². The lowest BCUT2D eigenvalue weighted by atomic mass is 10.2. The van der Waals surface area contributed by atoms with Gasteiger partial charge in [0.25, 0.3) is 0 Å². The van der Waals surface area contributed by atoms with Crippen LogP contribution in [-0.4, -0.2) is 18.1 Å². The Balaban J connectivity index is 2.07. The average Bonchev–Trinajstić information content (AvgIpc) is 3.04. The lowest BCUT2D eigenvalue weighted by Gasteiger charge is -2.16. The summed E-state index contributed by atoms with van der Waals surface area (Å²) < 4.78 is 5.08. The van der Waals surface area contributed by atoms with Gasteiger partial charge in [-0.3, -0.25) is 0 Å². The molecule has 0 saturated heterocycles. The molecule has 1 atom stereocenters. The number of nitrogens with one attached hydrogen (secondary N) is 1. The monoisotopic (exact) mass is 206 g/mol. The Bertz CT molecular complexity index is 347. The molecule has 1 aromatic heterocycles. The van der Waals surface area contributed by atoms with E-state index in [-0.39, 0.29) is 0 Å². The number of anilines is 1.